The highest BCUT2D eigenvalue weighted by Crippen LogP contribution is 2.33. The van der Waals surface area contributed by atoms with Gasteiger partial charge in [-0.05, 0) is 31.7 Å². The number of rotatable bonds is 6. The van der Waals surface area contributed by atoms with Gasteiger partial charge in [-0.3, -0.25) is 13.9 Å². The molecule has 2 aliphatic rings. The highest BCUT2D eigenvalue weighted by molar-refractivity contribution is 5.75. The van der Waals surface area contributed by atoms with Crippen molar-refractivity contribution in [3.8, 4) is 0 Å². The van der Waals surface area contributed by atoms with E-state index in [9.17, 15) is 27.9 Å². The highest BCUT2D eigenvalue weighted by atomic mass is 19.4. The summed E-state index contributed by atoms with van der Waals surface area (Å²) >= 11 is 0. The summed E-state index contributed by atoms with van der Waals surface area (Å²) in [4.78, 5) is 42.9. The summed E-state index contributed by atoms with van der Waals surface area (Å²) in [5.41, 5.74) is 1.67. The van der Waals surface area contributed by atoms with Crippen molar-refractivity contribution < 1.29 is 28.2 Å². The molecule has 0 bridgehead atoms. The van der Waals surface area contributed by atoms with Crippen LogP contribution in [0.4, 0.5) is 19.1 Å². The van der Waals surface area contributed by atoms with Crippen molar-refractivity contribution in [2.24, 2.45) is 13.0 Å². The molecule has 2 fully saturated rings. The van der Waals surface area contributed by atoms with Gasteiger partial charge in [0.1, 0.15) is 0 Å². The molecule has 41 heavy (non-hydrogen) atoms. The fourth-order valence-electron chi connectivity index (χ4n) is 5.24. The van der Waals surface area contributed by atoms with Crippen molar-refractivity contribution in [1.29, 1.82) is 0 Å². The minimum absolute atomic E-state index is 0.118. The molecule has 2 aromatic heterocycles. The van der Waals surface area contributed by atoms with Crippen molar-refractivity contribution in [1.82, 2.24) is 24.0 Å². The fraction of sp³-hybridized carbons (Fsp3) is 0.481. The summed E-state index contributed by atoms with van der Waals surface area (Å²) < 4.78 is 36.2. The summed E-state index contributed by atoms with van der Waals surface area (Å²) in [6, 6.07) is 9.42. The molecular weight excluding hydrogens is 545 g/mol. The summed E-state index contributed by atoms with van der Waals surface area (Å²) in [5.74, 6) is -1.46. The molecule has 0 radical (unpaired) electrons. The number of benzene rings is 1. The second-order valence-electron chi connectivity index (χ2n) is 10.4. The van der Waals surface area contributed by atoms with Crippen molar-refractivity contribution in [2.45, 2.75) is 51.7 Å². The van der Waals surface area contributed by atoms with Gasteiger partial charge in [0.05, 0.1) is 12.6 Å². The predicted molar refractivity (Wildman–Crippen MR) is 146 cm³/mol. The van der Waals surface area contributed by atoms with Crippen LogP contribution >= 0.6 is 0 Å². The van der Waals surface area contributed by atoms with Crippen molar-refractivity contribution in [3.05, 3.63) is 68.4 Å². The number of carboxylic acids is 1. The fourth-order valence-corrected chi connectivity index (χ4v) is 5.24. The summed E-state index contributed by atoms with van der Waals surface area (Å²) in [7, 11) is 1.64. The van der Waals surface area contributed by atoms with Crippen molar-refractivity contribution in [3.63, 3.8) is 0 Å². The summed E-state index contributed by atoms with van der Waals surface area (Å²) in [6.07, 6.45) is -2.91. The average molecular weight is 579 g/mol. The molecule has 2 saturated heterocycles. The number of carboxylic acid groups (broad SMARTS) is 1. The third-order valence-electron chi connectivity index (χ3n) is 7.38. The van der Waals surface area contributed by atoms with Gasteiger partial charge in [0.15, 0.2) is 11.2 Å². The van der Waals surface area contributed by atoms with Crippen LogP contribution in [0.2, 0.25) is 0 Å². The molecule has 3 atom stereocenters. The Balaban J connectivity index is 0.000000493. The molecule has 0 aliphatic carbocycles. The lowest BCUT2D eigenvalue weighted by Crippen LogP contribution is -2.41. The zero-order valence-electron chi connectivity index (χ0n) is 22.9. The predicted octanol–water partition coefficient (Wildman–Crippen LogP) is 2.03. The number of imidazole rings is 1. The van der Waals surface area contributed by atoms with Crippen LogP contribution in [-0.4, -0.2) is 66.7 Å². The Bertz CT molecular complexity index is 1560. The van der Waals surface area contributed by atoms with E-state index in [2.05, 4.69) is 16.3 Å². The Hall–Kier alpha value is -3.91. The molecule has 3 N–H and O–H groups in total. The molecule has 14 heteroatoms. The first-order valence-corrected chi connectivity index (χ1v) is 13.1. The number of aromatic nitrogens is 4. The van der Waals surface area contributed by atoms with E-state index in [1.165, 1.54) is 4.57 Å². The highest BCUT2D eigenvalue weighted by Gasteiger charge is 2.40. The number of aliphatic hydroxyl groups is 1. The minimum Gasteiger partial charge on any atom is -0.475 e. The SMILES string of the molecule is CC(C)=CCn1c(N2CC[C@@H]3CNC[C@@H]32)nc2c1c(=O)n(C[C@H](O)c1ccccc1)c(=O)n2C.O=C(O)C(F)(F)F. The van der Waals surface area contributed by atoms with E-state index < -0.39 is 29.5 Å². The first kappa shape index (κ1) is 30.1. The monoisotopic (exact) mass is 578 g/mol. The summed E-state index contributed by atoms with van der Waals surface area (Å²) in [6.45, 7) is 7.19. The van der Waals surface area contributed by atoms with E-state index in [-0.39, 0.29) is 6.54 Å². The lowest BCUT2D eigenvalue weighted by Gasteiger charge is -2.25. The van der Waals surface area contributed by atoms with E-state index in [1.807, 2.05) is 36.6 Å². The maximum absolute atomic E-state index is 13.7. The molecular formula is C27H33F3N6O5. The summed E-state index contributed by atoms with van der Waals surface area (Å²) in [5, 5.41) is 21.3. The van der Waals surface area contributed by atoms with Gasteiger partial charge in [0.2, 0.25) is 5.95 Å². The van der Waals surface area contributed by atoms with Crippen LogP contribution in [0.25, 0.3) is 11.2 Å². The van der Waals surface area contributed by atoms with Crippen LogP contribution in [0.1, 0.15) is 31.9 Å². The van der Waals surface area contributed by atoms with Crippen LogP contribution < -0.4 is 21.5 Å². The van der Waals surface area contributed by atoms with Crippen LogP contribution in [0.3, 0.4) is 0 Å². The van der Waals surface area contributed by atoms with Crippen LogP contribution in [-0.2, 0) is 24.9 Å². The van der Waals surface area contributed by atoms with Gasteiger partial charge < -0.3 is 25.0 Å². The molecule has 0 saturated carbocycles. The number of nitrogens with zero attached hydrogens (tertiary/aromatic N) is 5. The number of carbonyl (C=O) groups is 1. The minimum atomic E-state index is -5.08. The number of fused-ring (bicyclic) bond motifs is 2. The quantitative estimate of drug-likeness (QED) is 0.379. The van der Waals surface area contributed by atoms with Gasteiger partial charge in [-0.2, -0.15) is 18.2 Å². The molecule has 4 heterocycles. The number of nitrogens with one attached hydrogen (secondary N) is 1. The Kier molecular flexibility index (Phi) is 8.73. The average Bonchev–Trinajstić information content (AvgIpc) is 3.63. The van der Waals surface area contributed by atoms with Gasteiger partial charge >= 0.3 is 17.8 Å². The molecule has 11 nitrogen and oxygen atoms in total. The Morgan fingerprint density at radius 1 is 1.17 bits per heavy atom. The van der Waals surface area contributed by atoms with Crippen LogP contribution in [0.15, 0.2) is 51.6 Å². The lowest BCUT2D eigenvalue weighted by molar-refractivity contribution is -0.192. The zero-order chi connectivity index (χ0) is 30.1. The molecule has 3 aromatic rings. The number of halogens is 3. The van der Waals surface area contributed by atoms with E-state index >= 15 is 0 Å². The number of allylic oxidation sites excluding steroid dienone is 2. The standard InChI is InChI=1S/C25H32N6O3.C2HF3O2/c1-16(2)9-11-30-21-22(27-24(30)29-12-10-18-13-26-14-19(18)29)28(3)25(34)31(23(21)33)15-20(32)17-7-5-4-6-8-17;3-2(4,5)1(6)7/h4-9,18-20,26,32H,10-15H2,1-3H3;(H,6,7)/t18-,19+,20+;/m1./s1. The van der Waals surface area contributed by atoms with E-state index in [4.69, 9.17) is 14.9 Å². The van der Waals surface area contributed by atoms with E-state index in [0.717, 1.165) is 42.1 Å². The van der Waals surface area contributed by atoms with Crippen LogP contribution in [0.5, 0.6) is 0 Å². The normalized spacial score (nSPS) is 19.0. The number of hydrogen-bond acceptors (Lipinski definition) is 7. The molecule has 0 spiro atoms. The second kappa shape index (κ2) is 11.9. The van der Waals surface area contributed by atoms with Gasteiger partial charge in [-0.1, -0.05) is 42.0 Å². The van der Waals surface area contributed by atoms with Crippen molar-refractivity contribution in [2.75, 3.05) is 24.5 Å². The van der Waals surface area contributed by atoms with E-state index in [0.29, 0.717) is 35.2 Å². The van der Waals surface area contributed by atoms with Gasteiger partial charge in [0, 0.05) is 39.3 Å². The first-order chi connectivity index (χ1) is 19.3. The van der Waals surface area contributed by atoms with Gasteiger partial charge in [0.25, 0.3) is 5.56 Å². The maximum Gasteiger partial charge on any atom is 0.490 e. The van der Waals surface area contributed by atoms with Crippen LogP contribution in [0, 0.1) is 5.92 Å². The number of aliphatic carboxylic acids is 1. The number of hydrogen-bond donors (Lipinski definition) is 3. The third kappa shape index (κ3) is 6.22. The number of anilines is 1. The molecule has 2 aliphatic heterocycles. The smallest absolute Gasteiger partial charge is 0.475 e. The van der Waals surface area contributed by atoms with Gasteiger partial charge in [-0.25, -0.2) is 9.59 Å². The molecule has 222 valence electrons. The Labute approximate surface area is 233 Å². The van der Waals surface area contributed by atoms with Gasteiger partial charge in [-0.15, -0.1) is 0 Å². The molecule has 1 aromatic carbocycles. The number of aliphatic hydroxyl groups excluding tert-OH is 1. The molecule has 0 amide bonds. The Morgan fingerprint density at radius 3 is 2.44 bits per heavy atom. The third-order valence-corrected chi connectivity index (χ3v) is 7.38. The van der Waals surface area contributed by atoms with Crippen molar-refractivity contribution >= 4 is 23.1 Å². The number of alkyl halides is 3. The zero-order valence-corrected chi connectivity index (χ0v) is 22.9. The second-order valence-corrected chi connectivity index (χ2v) is 10.4. The first-order valence-electron chi connectivity index (χ1n) is 13.1. The topological polar surface area (TPSA) is 135 Å². The number of aryl methyl sites for hydroxylation is 1. The Morgan fingerprint density at radius 2 is 1.83 bits per heavy atom. The van der Waals surface area contributed by atoms with E-state index in [1.54, 1.807) is 19.2 Å². The molecule has 0 unspecified atom stereocenters. The largest absolute Gasteiger partial charge is 0.490 e. The maximum atomic E-state index is 13.7. The molecule has 5 rings (SSSR count). The lowest BCUT2D eigenvalue weighted by atomic mass is 10.1.